The average Bonchev–Trinajstić information content (AvgIpc) is 3.23. The number of anilines is 1. The van der Waals surface area contributed by atoms with Crippen molar-refractivity contribution in [1.82, 2.24) is 15.1 Å². The van der Waals surface area contributed by atoms with Crippen molar-refractivity contribution < 1.29 is 9.59 Å². The zero-order valence-corrected chi connectivity index (χ0v) is 15.4. The van der Waals surface area contributed by atoms with Crippen LogP contribution in [0.5, 0.6) is 0 Å². The molecule has 3 heterocycles. The van der Waals surface area contributed by atoms with E-state index in [1.54, 1.807) is 4.90 Å². The third-order valence-electron chi connectivity index (χ3n) is 6.03. The minimum atomic E-state index is -0.101. The summed E-state index contributed by atoms with van der Waals surface area (Å²) >= 11 is 0. The van der Waals surface area contributed by atoms with Crippen LogP contribution in [-0.2, 0) is 4.79 Å². The van der Waals surface area contributed by atoms with Crippen molar-refractivity contribution in [3.05, 3.63) is 29.8 Å². The fourth-order valence-corrected chi connectivity index (χ4v) is 4.58. The molecule has 3 aliphatic rings. The van der Waals surface area contributed by atoms with E-state index in [-0.39, 0.29) is 17.9 Å². The van der Waals surface area contributed by atoms with Crippen LogP contribution in [0.25, 0.3) is 0 Å². The van der Waals surface area contributed by atoms with E-state index in [0.29, 0.717) is 18.4 Å². The molecule has 140 valence electrons. The molecular formula is C20H28N4O2. The second kappa shape index (κ2) is 7.27. The highest BCUT2D eigenvalue weighted by atomic mass is 16.2. The van der Waals surface area contributed by atoms with Crippen molar-refractivity contribution in [3.8, 4) is 0 Å². The number of fused-ring (bicyclic) bond motifs is 1. The number of amides is 3. The highest BCUT2D eigenvalue weighted by molar-refractivity contribution is 5.90. The molecule has 3 fully saturated rings. The molecular weight excluding hydrogens is 328 g/mol. The van der Waals surface area contributed by atoms with Gasteiger partial charge in [0.2, 0.25) is 5.91 Å². The first kappa shape index (κ1) is 17.3. The van der Waals surface area contributed by atoms with Gasteiger partial charge in [0.1, 0.15) is 0 Å². The van der Waals surface area contributed by atoms with Crippen LogP contribution in [0.2, 0.25) is 0 Å². The lowest BCUT2D eigenvalue weighted by atomic mass is 9.96. The third-order valence-corrected chi connectivity index (χ3v) is 6.03. The number of rotatable bonds is 2. The van der Waals surface area contributed by atoms with Crippen LogP contribution >= 0.6 is 0 Å². The van der Waals surface area contributed by atoms with Gasteiger partial charge in [-0.3, -0.25) is 4.79 Å². The van der Waals surface area contributed by atoms with Gasteiger partial charge in [0, 0.05) is 45.0 Å². The largest absolute Gasteiger partial charge is 0.342 e. The Kier molecular flexibility index (Phi) is 4.85. The Hall–Kier alpha value is -2.08. The first-order valence-electron chi connectivity index (χ1n) is 9.72. The summed E-state index contributed by atoms with van der Waals surface area (Å²) in [6.07, 6.45) is 1.77. The molecule has 26 heavy (non-hydrogen) atoms. The number of carbonyl (C=O) groups is 2. The molecule has 6 heteroatoms. The maximum Gasteiger partial charge on any atom is 0.321 e. The molecule has 3 amide bonds. The molecule has 6 nitrogen and oxygen atoms in total. The lowest BCUT2D eigenvalue weighted by Gasteiger charge is -2.34. The van der Waals surface area contributed by atoms with E-state index < -0.39 is 0 Å². The first-order chi connectivity index (χ1) is 12.6. The molecule has 0 radical (unpaired) electrons. The van der Waals surface area contributed by atoms with Gasteiger partial charge in [-0.05, 0) is 49.3 Å². The van der Waals surface area contributed by atoms with E-state index in [1.807, 2.05) is 36.1 Å². The number of benzene rings is 1. The average molecular weight is 356 g/mol. The molecule has 0 bridgehead atoms. The number of aryl methyl sites for hydroxylation is 1. The fourth-order valence-electron chi connectivity index (χ4n) is 4.58. The Morgan fingerprint density at radius 3 is 2.62 bits per heavy atom. The summed E-state index contributed by atoms with van der Waals surface area (Å²) in [4.78, 5) is 29.4. The van der Waals surface area contributed by atoms with Crippen LogP contribution in [-0.4, -0.2) is 61.0 Å². The van der Waals surface area contributed by atoms with Crippen LogP contribution < -0.4 is 10.6 Å². The summed E-state index contributed by atoms with van der Waals surface area (Å²) in [6.45, 7) is 7.07. The van der Waals surface area contributed by atoms with Gasteiger partial charge in [-0.15, -0.1) is 0 Å². The highest BCUT2D eigenvalue weighted by Crippen LogP contribution is 2.29. The van der Waals surface area contributed by atoms with E-state index in [0.717, 1.165) is 56.8 Å². The maximum absolute atomic E-state index is 12.9. The monoisotopic (exact) mass is 356 g/mol. The van der Waals surface area contributed by atoms with Gasteiger partial charge >= 0.3 is 6.03 Å². The van der Waals surface area contributed by atoms with Crippen LogP contribution in [0, 0.1) is 24.7 Å². The smallest absolute Gasteiger partial charge is 0.321 e. The minimum Gasteiger partial charge on any atom is -0.342 e. The first-order valence-corrected chi connectivity index (χ1v) is 9.72. The van der Waals surface area contributed by atoms with E-state index in [4.69, 9.17) is 0 Å². The van der Waals surface area contributed by atoms with Gasteiger partial charge in [-0.25, -0.2) is 4.79 Å². The van der Waals surface area contributed by atoms with E-state index in [1.165, 1.54) is 0 Å². The zero-order chi connectivity index (χ0) is 18.1. The summed E-state index contributed by atoms with van der Waals surface area (Å²) in [6, 6.07) is 7.70. The van der Waals surface area contributed by atoms with Gasteiger partial charge < -0.3 is 20.4 Å². The normalized spacial score (nSPS) is 28.1. The maximum atomic E-state index is 12.9. The SMILES string of the molecule is Cc1cccc(NC(=O)N2CCCC(C(=O)N3C[C@H]4CNC[C@H]4C3)C2)c1. The summed E-state index contributed by atoms with van der Waals surface area (Å²) < 4.78 is 0. The molecule has 0 aliphatic carbocycles. The number of hydrogen-bond acceptors (Lipinski definition) is 3. The predicted octanol–water partition coefficient (Wildman–Crippen LogP) is 1.92. The number of carbonyl (C=O) groups excluding carboxylic acids is 2. The highest BCUT2D eigenvalue weighted by Gasteiger charge is 2.40. The molecule has 1 aromatic carbocycles. The Morgan fingerprint density at radius 1 is 1.12 bits per heavy atom. The van der Waals surface area contributed by atoms with Gasteiger partial charge in [-0.2, -0.15) is 0 Å². The molecule has 1 unspecified atom stereocenters. The van der Waals surface area contributed by atoms with E-state index in [9.17, 15) is 9.59 Å². The minimum absolute atomic E-state index is 0.0567. The van der Waals surface area contributed by atoms with Crippen molar-refractivity contribution in [3.63, 3.8) is 0 Å². The predicted molar refractivity (Wildman–Crippen MR) is 101 cm³/mol. The Bertz CT molecular complexity index is 680. The van der Waals surface area contributed by atoms with Gasteiger partial charge in [0.05, 0.1) is 5.92 Å². The van der Waals surface area contributed by atoms with Gasteiger partial charge in [0.25, 0.3) is 0 Å². The third kappa shape index (κ3) is 3.56. The number of likely N-dealkylation sites (tertiary alicyclic amines) is 2. The van der Waals surface area contributed by atoms with Gasteiger partial charge in [-0.1, -0.05) is 12.1 Å². The number of hydrogen-bond donors (Lipinski definition) is 2. The molecule has 3 saturated heterocycles. The quantitative estimate of drug-likeness (QED) is 0.851. The zero-order valence-electron chi connectivity index (χ0n) is 15.4. The van der Waals surface area contributed by atoms with Gasteiger partial charge in [0.15, 0.2) is 0 Å². The van der Waals surface area contributed by atoms with Crippen molar-refractivity contribution in [2.75, 3.05) is 44.6 Å². The molecule has 3 atom stereocenters. The fraction of sp³-hybridized carbons (Fsp3) is 0.600. The standard InChI is InChI=1S/C20H28N4O2/c1-14-4-2-6-18(8-14)22-20(26)23-7-3-5-15(11-23)19(25)24-12-16-9-21-10-17(16)13-24/h2,4,6,8,15-17,21H,3,5,7,9-13H2,1H3,(H,22,26)/t15?,16-,17+. The Balaban J connectivity index is 1.35. The number of nitrogens with one attached hydrogen (secondary N) is 2. The summed E-state index contributed by atoms with van der Waals surface area (Å²) in [5.74, 6) is 1.41. The summed E-state index contributed by atoms with van der Waals surface area (Å²) in [5, 5.41) is 6.38. The molecule has 0 spiro atoms. The lowest BCUT2D eigenvalue weighted by Crippen LogP contribution is -2.47. The second-order valence-corrected chi connectivity index (χ2v) is 8.01. The van der Waals surface area contributed by atoms with Crippen molar-refractivity contribution in [2.45, 2.75) is 19.8 Å². The molecule has 0 aromatic heterocycles. The molecule has 2 N–H and O–H groups in total. The Morgan fingerprint density at radius 2 is 1.88 bits per heavy atom. The number of nitrogens with zero attached hydrogens (tertiary/aromatic N) is 2. The topological polar surface area (TPSA) is 64.7 Å². The van der Waals surface area contributed by atoms with Crippen LogP contribution in [0.15, 0.2) is 24.3 Å². The number of urea groups is 1. The lowest BCUT2D eigenvalue weighted by molar-refractivity contribution is -0.136. The number of piperidine rings is 1. The molecule has 0 saturated carbocycles. The van der Waals surface area contributed by atoms with E-state index in [2.05, 4.69) is 10.6 Å². The summed E-state index contributed by atoms with van der Waals surface area (Å²) in [7, 11) is 0. The summed E-state index contributed by atoms with van der Waals surface area (Å²) in [5.41, 5.74) is 1.92. The van der Waals surface area contributed by atoms with Crippen molar-refractivity contribution in [1.29, 1.82) is 0 Å². The van der Waals surface area contributed by atoms with Crippen LogP contribution in [0.1, 0.15) is 18.4 Å². The van der Waals surface area contributed by atoms with E-state index >= 15 is 0 Å². The molecule has 1 aromatic rings. The van der Waals surface area contributed by atoms with Crippen LogP contribution in [0.3, 0.4) is 0 Å². The second-order valence-electron chi connectivity index (χ2n) is 8.01. The van der Waals surface area contributed by atoms with Crippen LogP contribution in [0.4, 0.5) is 10.5 Å². The van der Waals surface area contributed by atoms with Crippen molar-refractivity contribution in [2.24, 2.45) is 17.8 Å². The Labute approximate surface area is 154 Å². The molecule has 4 rings (SSSR count). The van der Waals surface area contributed by atoms with Crippen molar-refractivity contribution >= 4 is 17.6 Å². The molecule has 3 aliphatic heterocycles.